The van der Waals surface area contributed by atoms with E-state index in [0.29, 0.717) is 12.3 Å². The molecule has 0 N–H and O–H groups in total. The maximum Gasteiger partial charge on any atom is 0.328 e. The fourth-order valence-corrected chi connectivity index (χ4v) is 1.31. The lowest BCUT2D eigenvalue weighted by molar-refractivity contribution is 0.559. The van der Waals surface area contributed by atoms with Crippen LogP contribution in [0.1, 0.15) is 19.9 Å². The van der Waals surface area contributed by atoms with E-state index in [2.05, 4.69) is 12.6 Å². The highest BCUT2D eigenvalue weighted by Crippen LogP contribution is 1.98. The zero-order valence-corrected chi connectivity index (χ0v) is 8.29. The number of rotatable bonds is 3. The molecule has 0 aromatic carbocycles. The van der Waals surface area contributed by atoms with Crippen LogP contribution in [0.4, 0.5) is 0 Å². The first-order chi connectivity index (χ1) is 5.66. The Morgan fingerprint density at radius 3 is 2.58 bits per heavy atom. The molecule has 68 valence electrons. The van der Waals surface area contributed by atoms with Crippen LogP contribution >= 0.6 is 12.6 Å². The predicted molar refractivity (Wildman–Crippen MR) is 52.9 cm³/mol. The molecule has 0 aliphatic heterocycles. The Labute approximate surface area is 77.4 Å². The van der Waals surface area contributed by atoms with E-state index in [4.69, 9.17) is 0 Å². The molecule has 1 rings (SSSR count). The largest absolute Gasteiger partial charge is 0.328 e. The zero-order valence-electron chi connectivity index (χ0n) is 7.40. The molecule has 0 amide bonds. The Bertz CT molecular complexity index is 300. The van der Waals surface area contributed by atoms with Crippen LogP contribution < -0.4 is 5.69 Å². The highest BCUT2D eigenvalue weighted by molar-refractivity contribution is 7.80. The summed E-state index contributed by atoms with van der Waals surface area (Å²) in [5.41, 5.74) is 0.0547. The van der Waals surface area contributed by atoms with Crippen molar-refractivity contribution in [3.8, 4) is 0 Å². The van der Waals surface area contributed by atoms with Crippen LogP contribution in [0.25, 0.3) is 0 Å². The summed E-state index contributed by atoms with van der Waals surface area (Å²) in [5, 5.41) is 0. The van der Waals surface area contributed by atoms with E-state index in [0.717, 1.165) is 0 Å². The minimum absolute atomic E-state index is 0.0547. The van der Waals surface area contributed by atoms with Crippen molar-refractivity contribution in [3.63, 3.8) is 0 Å². The highest BCUT2D eigenvalue weighted by atomic mass is 32.1. The summed E-state index contributed by atoms with van der Waals surface area (Å²) in [5.74, 6) is 0.696. The van der Waals surface area contributed by atoms with E-state index in [9.17, 15) is 4.79 Å². The Morgan fingerprint density at radius 2 is 2.17 bits per heavy atom. The molecule has 0 radical (unpaired) electrons. The Balaban J connectivity index is 2.97. The third kappa shape index (κ3) is 1.75. The first kappa shape index (κ1) is 9.45. The van der Waals surface area contributed by atoms with E-state index >= 15 is 0 Å². The second-order valence-electron chi connectivity index (χ2n) is 3.00. The predicted octanol–water partition coefficient (Wildman–Crippen LogP) is 1.16. The highest BCUT2D eigenvalue weighted by Gasteiger charge is 2.04. The average molecular weight is 186 g/mol. The number of aryl methyl sites for hydroxylation is 1. The number of aromatic nitrogens is 2. The van der Waals surface area contributed by atoms with Gasteiger partial charge in [0.15, 0.2) is 0 Å². The number of nitrogens with zero attached hydrogens (tertiary/aromatic N) is 2. The third-order valence-corrected chi connectivity index (χ3v) is 1.97. The number of thiol groups is 1. The Hall–Kier alpha value is -0.640. The summed E-state index contributed by atoms with van der Waals surface area (Å²) in [6.07, 6.45) is 3.62. The molecule has 0 fully saturated rings. The summed E-state index contributed by atoms with van der Waals surface area (Å²) in [6.45, 7) is 4.67. The van der Waals surface area contributed by atoms with Crippen LogP contribution in [0.3, 0.4) is 0 Å². The fourth-order valence-electron chi connectivity index (χ4n) is 1.10. The quantitative estimate of drug-likeness (QED) is 0.705. The van der Waals surface area contributed by atoms with E-state index < -0.39 is 0 Å². The molecule has 0 aliphatic rings. The minimum atomic E-state index is 0.0547. The smallest absolute Gasteiger partial charge is 0.298 e. The standard InChI is InChI=1S/C8H14N2OS/c1-7(2)10-4-3-9(5-6-12)8(10)11/h3-4,7,12H,5-6H2,1-2H3. The van der Waals surface area contributed by atoms with Crippen LogP contribution in [0.15, 0.2) is 17.2 Å². The molecule has 0 unspecified atom stereocenters. The summed E-state index contributed by atoms with van der Waals surface area (Å²) >= 11 is 4.07. The van der Waals surface area contributed by atoms with Gasteiger partial charge in [-0.1, -0.05) is 0 Å². The van der Waals surface area contributed by atoms with Crippen molar-refractivity contribution in [2.45, 2.75) is 26.4 Å². The van der Waals surface area contributed by atoms with E-state index in [1.165, 1.54) is 0 Å². The fraction of sp³-hybridized carbons (Fsp3) is 0.625. The Kier molecular flexibility index (Phi) is 3.03. The number of hydrogen-bond donors (Lipinski definition) is 1. The van der Waals surface area contributed by atoms with Gasteiger partial charge in [0, 0.05) is 30.7 Å². The normalized spacial score (nSPS) is 11.0. The molecule has 0 bridgehead atoms. The molecule has 0 atom stereocenters. The van der Waals surface area contributed by atoms with Gasteiger partial charge in [-0.25, -0.2) is 4.79 Å². The molecule has 0 spiro atoms. The zero-order chi connectivity index (χ0) is 9.14. The molecular weight excluding hydrogens is 172 g/mol. The molecular formula is C8H14N2OS. The van der Waals surface area contributed by atoms with Gasteiger partial charge in [-0.2, -0.15) is 12.6 Å². The average Bonchev–Trinajstić information content (AvgIpc) is 2.34. The first-order valence-electron chi connectivity index (χ1n) is 4.05. The monoisotopic (exact) mass is 186 g/mol. The molecule has 4 heteroatoms. The van der Waals surface area contributed by atoms with Crippen LogP contribution in [0.2, 0.25) is 0 Å². The summed E-state index contributed by atoms with van der Waals surface area (Å²) in [7, 11) is 0. The second kappa shape index (κ2) is 3.85. The van der Waals surface area contributed by atoms with Crippen molar-refractivity contribution in [3.05, 3.63) is 22.9 Å². The molecule has 0 saturated carbocycles. The summed E-state index contributed by atoms with van der Waals surface area (Å²) in [4.78, 5) is 11.5. The van der Waals surface area contributed by atoms with Gasteiger partial charge in [0.05, 0.1) is 0 Å². The van der Waals surface area contributed by atoms with Gasteiger partial charge < -0.3 is 0 Å². The molecule has 0 aliphatic carbocycles. The van der Waals surface area contributed by atoms with Crippen LogP contribution in [-0.2, 0) is 6.54 Å². The number of imidazole rings is 1. The van der Waals surface area contributed by atoms with E-state index in [1.54, 1.807) is 15.3 Å². The minimum Gasteiger partial charge on any atom is -0.298 e. The third-order valence-electron chi connectivity index (χ3n) is 1.77. The summed E-state index contributed by atoms with van der Waals surface area (Å²) < 4.78 is 3.39. The number of hydrogen-bond acceptors (Lipinski definition) is 2. The van der Waals surface area contributed by atoms with Crippen molar-refractivity contribution in [2.24, 2.45) is 0 Å². The van der Waals surface area contributed by atoms with Gasteiger partial charge in [0.1, 0.15) is 0 Å². The SMILES string of the molecule is CC(C)n1ccn(CCS)c1=O. The van der Waals surface area contributed by atoms with Crippen LogP contribution in [0.5, 0.6) is 0 Å². The molecule has 1 heterocycles. The molecule has 3 nitrogen and oxygen atoms in total. The van der Waals surface area contributed by atoms with Crippen molar-refractivity contribution in [1.29, 1.82) is 0 Å². The van der Waals surface area contributed by atoms with Gasteiger partial charge in [-0.15, -0.1) is 0 Å². The van der Waals surface area contributed by atoms with Crippen LogP contribution in [0, 0.1) is 0 Å². The lowest BCUT2D eigenvalue weighted by atomic mass is 10.4. The van der Waals surface area contributed by atoms with E-state index in [1.807, 2.05) is 20.0 Å². The first-order valence-corrected chi connectivity index (χ1v) is 4.68. The van der Waals surface area contributed by atoms with Crippen LogP contribution in [-0.4, -0.2) is 14.9 Å². The van der Waals surface area contributed by atoms with Gasteiger partial charge in [0.25, 0.3) is 0 Å². The Morgan fingerprint density at radius 1 is 1.50 bits per heavy atom. The van der Waals surface area contributed by atoms with Gasteiger partial charge in [0.2, 0.25) is 0 Å². The molecule has 12 heavy (non-hydrogen) atoms. The van der Waals surface area contributed by atoms with Gasteiger partial charge >= 0.3 is 5.69 Å². The van der Waals surface area contributed by atoms with Crippen molar-refractivity contribution < 1.29 is 0 Å². The van der Waals surface area contributed by atoms with Crippen molar-refractivity contribution in [2.75, 3.05) is 5.75 Å². The van der Waals surface area contributed by atoms with Gasteiger partial charge in [-0.05, 0) is 13.8 Å². The second-order valence-corrected chi connectivity index (χ2v) is 3.45. The van der Waals surface area contributed by atoms with E-state index in [-0.39, 0.29) is 11.7 Å². The van der Waals surface area contributed by atoms with Crippen molar-refractivity contribution >= 4 is 12.6 Å². The van der Waals surface area contributed by atoms with Gasteiger partial charge in [-0.3, -0.25) is 9.13 Å². The maximum atomic E-state index is 11.5. The lowest BCUT2D eigenvalue weighted by Crippen LogP contribution is -2.25. The summed E-state index contributed by atoms with van der Waals surface area (Å²) in [6, 6.07) is 0.235. The maximum absolute atomic E-state index is 11.5. The molecule has 0 saturated heterocycles. The topological polar surface area (TPSA) is 26.9 Å². The lowest BCUT2D eigenvalue weighted by Gasteiger charge is -2.03. The molecule has 1 aromatic rings. The van der Waals surface area contributed by atoms with Crippen molar-refractivity contribution in [1.82, 2.24) is 9.13 Å². The molecule has 1 aromatic heterocycles.